The molecule has 0 fully saturated rings. The molecule has 3 aromatic rings. The number of hydrogen-bond donors (Lipinski definition) is 0. The predicted octanol–water partition coefficient (Wildman–Crippen LogP) is 4.90. The van der Waals surface area contributed by atoms with Crippen molar-refractivity contribution >= 4 is 7.32 Å². The van der Waals surface area contributed by atoms with Crippen molar-refractivity contribution in [2.24, 2.45) is 0 Å². The molecule has 0 aliphatic rings. The first-order valence-electron chi connectivity index (χ1n) is 7.59. The molecule has 3 rings (SSSR count). The van der Waals surface area contributed by atoms with Crippen LogP contribution in [0.25, 0.3) is 0 Å². The number of benzene rings is 3. The normalized spacial score (nSPS) is 10.4. The summed E-state index contributed by atoms with van der Waals surface area (Å²) in [5, 5.41) is 0. The molecular weight excluding hydrogens is 370 g/mol. The molecule has 0 radical (unpaired) electrons. The van der Waals surface area contributed by atoms with Gasteiger partial charge in [-0.25, -0.2) is 13.2 Å². The van der Waals surface area contributed by atoms with E-state index in [0.29, 0.717) is 0 Å². The third-order valence-corrected chi connectivity index (χ3v) is 3.33. The van der Waals surface area contributed by atoms with Gasteiger partial charge in [0.05, 0.1) is 0 Å². The van der Waals surface area contributed by atoms with Crippen molar-refractivity contribution in [3.05, 3.63) is 89.7 Å². The minimum Gasteiger partial charge on any atom is -0.490 e. The fourth-order valence-electron chi connectivity index (χ4n) is 2.08. The Morgan fingerprint density at radius 3 is 1.26 bits per heavy atom. The maximum absolute atomic E-state index is 13.9. The average Bonchev–Trinajstić information content (AvgIpc) is 2.69. The minimum absolute atomic E-state index is 0.183. The van der Waals surface area contributed by atoms with Crippen LogP contribution in [-0.4, -0.2) is 7.32 Å². The molecule has 0 saturated carbocycles. The summed E-state index contributed by atoms with van der Waals surface area (Å²) >= 11 is 0. The molecular formula is C18H10BF5O3. The van der Waals surface area contributed by atoms with E-state index in [1.165, 1.54) is 24.3 Å². The molecule has 27 heavy (non-hydrogen) atoms. The monoisotopic (exact) mass is 380 g/mol. The minimum atomic E-state index is -2.29. The Morgan fingerprint density at radius 2 is 0.852 bits per heavy atom. The molecule has 0 aliphatic heterocycles. The Labute approximate surface area is 151 Å². The van der Waals surface area contributed by atoms with Crippen LogP contribution in [0, 0.1) is 29.1 Å². The first-order chi connectivity index (χ1) is 13.0. The molecule has 3 aromatic carbocycles. The Kier molecular flexibility index (Phi) is 5.49. The van der Waals surface area contributed by atoms with Crippen LogP contribution in [0.4, 0.5) is 22.0 Å². The highest BCUT2D eigenvalue weighted by Gasteiger charge is 2.36. The van der Waals surface area contributed by atoms with E-state index in [1.807, 2.05) is 0 Å². The van der Waals surface area contributed by atoms with Crippen LogP contribution in [0.3, 0.4) is 0 Å². The molecule has 0 unspecified atom stereocenters. The zero-order chi connectivity index (χ0) is 19.4. The Hall–Kier alpha value is -3.23. The highest BCUT2D eigenvalue weighted by molar-refractivity contribution is 6.39. The smallest absolute Gasteiger partial charge is 0.490 e. The van der Waals surface area contributed by atoms with Crippen LogP contribution in [-0.2, 0) is 0 Å². The lowest BCUT2D eigenvalue weighted by Crippen LogP contribution is -2.37. The Bertz CT molecular complexity index is 855. The largest absolute Gasteiger partial charge is 0.864 e. The van der Waals surface area contributed by atoms with Crippen LogP contribution < -0.4 is 14.0 Å². The van der Waals surface area contributed by atoms with Gasteiger partial charge >= 0.3 is 7.32 Å². The van der Waals surface area contributed by atoms with Crippen LogP contribution in [0.5, 0.6) is 17.2 Å². The maximum atomic E-state index is 13.9. The summed E-state index contributed by atoms with van der Waals surface area (Å²) in [7, 11) is -1.83. The van der Waals surface area contributed by atoms with E-state index in [2.05, 4.69) is 0 Å². The first-order valence-corrected chi connectivity index (χ1v) is 7.59. The predicted molar refractivity (Wildman–Crippen MR) is 86.8 cm³/mol. The summed E-state index contributed by atoms with van der Waals surface area (Å²) < 4.78 is 83.2. The van der Waals surface area contributed by atoms with Gasteiger partial charge in [0.2, 0.25) is 29.1 Å². The van der Waals surface area contributed by atoms with Crippen molar-refractivity contribution in [1.82, 2.24) is 0 Å². The van der Waals surface area contributed by atoms with Gasteiger partial charge in [0.15, 0.2) is 5.75 Å². The van der Waals surface area contributed by atoms with Gasteiger partial charge in [-0.2, -0.15) is 8.78 Å². The number of halogens is 5. The maximum Gasteiger partial charge on any atom is 0.864 e. The second-order valence-corrected chi connectivity index (χ2v) is 5.17. The van der Waals surface area contributed by atoms with Crippen molar-refractivity contribution in [2.45, 2.75) is 0 Å². The Balaban J connectivity index is 1.94. The standard InChI is InChI=1S/C18H10BF5O3/c20-13-14(21)16(23)18(17(24)15(13)22)27-19(25-11-7-3-1-4-8-11)26-12-9-5-2-6-10-12/h1-10H. The highest BCUT2D eigenvalue weighted by Crippen LogP contribution is 2.30. The lowest BCUT2D eigenvalue weighted by Gasteiger charge is -2.17. The topological polar surface area (TPSA) is 27.7 Å². The molecule has 0 heterocycles. The second-order valence-electron chi connectivity index (χ2n) is 5.17. The molecule has 0 atom stereocenters. The molecule has 0 amide bonds. The number of rotatable bonds is 6. The van der Waals surface area contributed by atoms with Gasteiger partial charge < -0.3 is 14.0 Å². The van der Waals surface area contributed by atoms with E-state index in [9.17, 15) is 22.0 Å². The zero-order valence-electron chi connectivity index (χ0n) is 13.5. The van der Waals surface area contributed by atoms with Crippen LogP contribution in [0.15, 0.2) is 60.7 Å². The molecule has 0 saturated heterocycles. The van der Waals surface area contributed by atoms with E-state index in [4.69, 9.17) is 14.0 Å². The number of hydrogen-bond acceptors (Lipinski definition) is 3. The van der Waals surface area contributed by atoms with Crippen LogP contribution in [0.2, 0.25) is 0 Å². The van der Waals surface area contributed by atoms with Crippen molar-refractivity contribution < 1.29 is 35.9 Å². The molecule has 9 heteroatoms. The van der Waals surface area contributed by atoms with Gasteiger partial charge in [0.25, 0.3) is 0 Å². The lowest BCUT2D eigenvalue weighted by molar-refractivity contribution is 0.278. The van der Waals surface area contributed by atoms with E-state index in [-0.39, 0.29) is 11.5 Å². The fraction of sp³-hybridized carbons (Fsp3) is 0. The second kappa shape index (κ2) is 7.98. The molecule has 0 spiro atoms. The van der Waals surface area contributed by atoms with Crippen molar-refractivity contribution in [3.8, 4) is 17.2 Å². The molecule has 0 N–H and O–H groups in total. The summed E-state index contributed by atoms with van der Waals surface area (Å²) in [6.07, 6.45) is 0. The van der Waals surface area contributed by atoms with E-state index >= 15 is 0 Å². The van der Waals surface area contributed by atoms with Crippen molar-refractivity contribution in [1.29, 1.82) is 0 Å². The summed E-state index contributed by atoms with van der Waals surface area (Å²) in [6.45, 7) is 0. The highest BCUT2D eigenvalue weighted by atomic mass is 19.2. The third kappa shape index (κ3) is 4.13. The van der Waals surface area contributed by atoms with Gasteiger partial charge in [-0.3, -0.25) is 0 Å². The molecule has 138 valence electrons. The summed E-state index contributed by atoms with van der Waals surface area (Å²) in [5.74, 6) is -12.0. The lowest BCUT2D eigenvalue weighted by atomic mass is 10.1. The quantitative estimate of drug-likeness (QED) is 0.264. The van der Waals surface area contributed by atoms with Crippen LogP contribution in [0.1, 0.15) is 0 Å². The van der Waals surface area contributed by atoms with E-state index < -0.39 is 42.2 Å². The molecule has 3 nitrogen and oxygen atoms in total. The first kappa shape index (κ1) is 18.6. The summed E-state index contributed by atoms with van der Waals surface area (Å²) in [4.78, 5) is 0. The van der Waals surface area contributed by atoms with Gasteiger partial charge in [-0.1, -0.05) is 36.4 Å². The third-order valence-electron chi connectivity index (χ3n) is 3.33. The van der Waals surface area contributed by atoms with E-state index in [0.717, 1.165) is 0 Å². The molecule has 0 aliphatic carbocycles. The van der Waals surface area contributed by atoms with Gasteiger partial charge in [0.1, 0.15) is 11.5 Å². The summed E-state index contributed by atoms with van der Waals surface area (Å²) in [6, 6.07) is 15.7. The van der Waals surface area contributed by atoms with Gasteiger partial charge in [-0.05, 0) is 24.3 Å². The SMILES string of the molecule is Fc1c(F)c(F)c(OB(Oc2ccccc2)Oc2ccccc2)c(F)c1F. The van der Waals surface area contributed by atoms with Gasteiger partial charge in [-0.15, -0.1) is 0 Å². The van der Waals surface area contributed by atoms with E-state index in [1.54, 1.807) is 36.4 Å². The average molecular weight is 380 g/mol. The van der Waals surface area contributed by atoms with Crippen LogP contribution >= 0.6 is 0 Å². The molecule has 0 aromatic heterocycles. The summed E-state index contributed by atoms with van der Waals surface area (Å²) in [5.41, 5.74) is 0. The Morgan fingerprint density at radius 1 is 0.481 bits per heavy atom. The van der Waals surface area contributed by atoms with Crippen molar-refractivity contribution in [3.63, 3.8) is 0 Å². The van der Waals surface area contributed by atoms with Crippen molar-refractivity contribution in [2.75, 3.05) is 0 Å². The zero-order valence-corrected chi connectivity index (χ0v) is 13.5. The fourth-order valence-corrected chi connectivity index (χ4v) is 2.08. The van der Waals surface area contributed by atoms with Gasteiger partial charge in [0, 0.05) is 0 Å². The molecule has 0 bridgehead atoms. The number of para-hydroxylation sites is 2.